The van der Waals surface area contributed by atoms with Crippen molar-refractivity contribution in [2.24, 2.45) is 4.99 Å². The number of rotatable bonds is 7. The molecule has 1 fully saturated rings. The summed E-state index contributed by atoms with van der Waals surface area (Å²) in [5, 5.41) is 6.96. The molecule has 1 saturated heterocycles. The highest BCUT2D eigenvalue weighted by molar-refractivity contribution is 7.88. The van der Waals surface area contributed by atoms with Crippen molar-refractivity contribution in [2.75, 3.05) is 46.4 Å². The van der Waals surface area contributed by atoms with Gasteiger partial charge in [-0.1, -0.05) is 22.9 Å². The molecule has 0 unspecified atom stereocenters. The lowest BCUT2D eigenvalue weighted by atomic mass is 10.2. The molecular formula is C19H27N5O4S. The zero-order chi connectivity index (χ0) is 20.7. The summed E-state index contributed by atoms with van der Waals surface area (Å²) in [6.45, 7) is 5.09. The van der Waals surface area contributed by atoms with E-state index >= 15 is 0 Å². The second-order valence-electron chi connectivity index (χ2n) is 6.77. The lowest BCUT2D eigenvalue weighted by Crippen LogP contribution is -2.54. The van der Waals surface area contributed by atoms with E-state index < -0.39 is 10.0 Å². The van der Waals surface area contributed by atoms with Gasteiger partial charge in [0, 0.05) is 39.3 Å². The summed E-state index contributed by atoms with van der Waals surface area (Å²) in [7, 11) is -1.69. The Balaban J connectivity index is 1.43. The molecule has 1 aliphatic heterocycles. The van der Waals surface area contributed by atoms with Gasteiger partial charge >= 0.3 is 0 Å². The monoisotopic (exact) mass is 421 g/mol. The molecule has 2 aromatic rings. The van der Waals surface area contributed by atoms with Gasteiger partial charge in [-0.25, -0.2) is 8.42 Å². The molecule has 3 rings (SSSR count). The molecule has 0 amide bonds. The molecule has 29 heavy (non-hydrogen) atoms. The van der Waals surface area contributed by atoms with Crippen molar-refractivity contribution in [3.63, 3.8) is 0 Å². The van der Waals surface area contributed by atoms with Gasteiger partial charge < -0.3 is 19.5 Å². The Hall–Kier alpha value is -2.59. The molecule has 0 spiro atoms. The zero-order valence-electron chi connectivity index (χ0n) is 16.7. The van der Waals surface area contributed by atoms with Crippen molar-refractivity contribution in [3.8, 4) is 5.75 Å². The third-order valence-electron chi connectivity index (χ3n) is 4.64. The summed E-state index contributed by atoms with van der Waals surface area (Å²) >= 11 is 0. The number of nitrogens with one attached hydrogen (secondary N) is 1. The molecule has 1 aliphatic rings. The van der Waals surface area contributed by atoms with Crippen LogP contribution in [0.25, 0.3) is 0 Å². The van der Waals surface area contributed by atoms with E-state index in [1.165, 1.54) is 16.1 Å². The van der Waals surface area contributed by atoms with Gasteiger partial charge in [-0.15, -0.1) is 0 Å². The number of ether oxygens (including phenoxy) is 1. The highest BCUT2D eigenvalue weighted by Gasteiger charge is 2.28. The predicted octanol–water partition coefficient (Wildman–Crippen LogP) is 1.08. The number of hydrogen-bond acceptors (Lipinski definition) is 6. The van der Waals surface area contributed by atoms with Gasteiger partial charge in [-0.05, 0) is 19.1 Å². The van der Waals surface area contributed by atoms with Crippen molar-refractivity contribution in [2.45, 2.75) is 12.7 Å². The molecule has 1 aromatic carbocycles. The van der Waals surface area contributed by atoms with Crippen molar-refractivity contribution >= 4 is 16.0 Å². The van der Waals surface area contributed by atoms with E-state index in [1.807, 2.05) is 36.1 Å². The number of piperazine rings is 1. The molecule has 0 aliphatic carbocycles. The van der Waals surface area contributed by atoms with Gasteiger partial charge in [0.15, 0.2) is 5.96 Å². The third-order valence-corrected chi connectivity index (χ3v) is 6.45. The molecular weight excluding hydrogens is 394 g/mol. The Kier molecular flexibility index (Phi) is 7.10. The highest BCUT2D eigenvalue weighted by atomic mass is 32.2. The van der Waals surface area contributed by atoms with Crippen LogP contribution < -0.4 is 10.1 Å². The van der Waals surface area contributed by atoms with Crippen LogP contribution in [0.4, 0.5) is 0 Å². The number of aromatic nitrogens is 1. The van der Waals surface area contributed by atoms with Gasteiger partial charge in [0.05, 0.1) is 12.2 Å². The Morgan fingerprint density at radius 1 is 1.21 bits per heavy atom. The molecule has 10 heteroatoms. The molecule has 1 N–H and O–H groups in total. The molecule has 2 heterocycles. The first-order chi connectivity index (χ1) is 14.0. The Labute approximate surface area is 171 Å². The Morgan fingerprint density at radius 3 is 2.55 bits per heavy atom. The first-order valence-electron chi connectivity index (χ1n) is 9.50. The molecule has 0 saturated carbocycles. The number of guanidine groups is 1. The number of hydrogen-bond donors (Lipinski definition) is 1. The smallest absolute Gasteiger partial charge is 0.220 e. The summed E-state index contributed by atoms with van der Waals surface area (Å²) in [5.74, 6) is 1.43. The normalized spacial score (nSPS) is 16.1. The summed E-state index contributed by atoms with van der Waals surface area (Å²) in [5.41, 5.74) is 1.61. The summed E-state index contributed by atoms with van der Waals surface area (Å²) in [6, 6.07) is 9.49. The van der Waals surface area contributed by atoms with Gasteiger partial charge in [0.25, 0.3) is 0 Å². The fraction of sp³-hybridized carbons (Fsp3) is 0.474. The van der Waals surface area contributed by atoms with E-state index in [4.69, 9.17) is 9.26 Å². The van der Waals surface area contributed by atoms with Crippen LogP contribution in [0.3, 0.4) is 0 Å². The standard InChI is InChI=1S/C19H27N5O4S/c1-16-3-5-18(6-4-16)27-14-8-21-19(20-2)23-9-11-24(12-10-23)29(25,26)15-17-7-13-28-22-17/h3-7,13H,8-12,14-15H2,1-2H3,(H,20,21). The quantitative estimate of drug-likeness (QED) is 0.406. The maximum Gasteiger partial charge on any atom is 0.220 e. The number of nitrogens with zero attached hydrogens (tertiary/aromatic N) is 4. The van der Waals surface area contributed by atoms with E-state index in [9.17, 15) is 8.42 Å². The summed E-state index contributed by atoms with van der Waals surface area (Å²) < 4.78 is 37.0. The third kappa shape index (κ3) is 5.94. The van der Waals surface area contributed by atoms with Crippen LogP contribution in [0.5, 0.6) is 5.75 Å². The van der Waals surface area contributed by atoms with Crippen LogP contribution in [0.15, 0.2) is 46.1 Å². The van der Waals surface area contributed by atoms with Gasteiger partial charge in [-0.2, -0.15) is 4.31 Å². The minimum atomic E-state index is -3.41. The minimum absolute atomic E-state index is 0.146. The van der Waals surface area contributed by atoms with Crippen LogP contribution >= 0.6 is 0 Å². The average Bonchev–Trinajstić information content (AvgIpc) is 3.22. The second kappa shape index (κ2) is 9.75. The largest absolute Gasteiger partial charge is 0.492 e. The zero-order valence-corrected chi connectivity index (χ0v) is 17.6. The van der Waals surface area contributed by atoms with E-state index in [0.717, 1.165) is 11.7 Å². The maximum atomic E-state index is 12.5. The lowest BCUT2D eigenvalue weighted by Gasteiger charge is -2.35. The van der Waals surface area contributed by atoms with Crippen molar-refractivity contribution in [1.29, 1.82) is 0 Å². The minimum Gasteiger partial charge on any atom is -0.492 e. The SMILES string of the molecule is CN=C(NCCOc1ccc(C)cc1)N1CCN(S(=O)(=O)Cc2ccon2)CC1. The number of aliphatic imine (C=N–C) groups is 1. The Morgan fingerprint density at radius 2 is 1.93 bits per heavy atom. The molecule has 9 nitrogen and oxygen atoms in total. The predicted molar refractivity (Wildman–Crippen MR) is 110 cm³/mol. The van der Waals surface area contributed by atoms with E-state index in [-0.39, 0.29) is 5.75 Å². The van der Waals surface area contributed by atoms with Gasteiger partial charge in [-0.3, -0.25) is 4.99 Å². The van der Waals surface area contributed by atoms with Gasteiger partial charge in [0.2, 0.25) is 10.0 Å². The van der Waals surface area contributed by atoms with Crippen LogP contribution in [-0.4, -0.2) is 75.1 Å². The van der Waals surface area contributed by atoms with E-state index in [1.54, 1.807) is 13.1 Å². The van der Waals surface area contributed by atoms with Crippen LogP contribution in [-0.2, 0) is 15.8 Å². The fourth-order valence-corrected chi connectivity index (χ4v) is 4.49. The van der Waals surface area contributed by atoms with Crippen LogP contribution in [0, 0.1) is 6.92 Å². The molecule has 0 bridgehead atoms. The number of sulfonamides is 1. The molecule has 1 aromatic heterocycles. The Bertz CT molecular complexity index is 889. The molecule has 0 radical (unpaired) electrons. The topological polar surface area (TPSA) is 100 Å². The van der Waals surface area contributed by atoms with E-state index in [0.29, 0.717) is 45.0 Å². The number of aryl methyl sites for hydroxylation is 1. The lowest BCUT2D eigenvalue weighted by molar-refractivity contribution is 0.257. The average molecular weight is 422 g/mol. The first-order valence-corrected chi connectivity index (χ1v) is 11.1. The first kappa shape index (κ1) is 21.1. The van der Waals surface area contributed by atoms with Crippen molar-refractivity contribution in [3.05, 3.63) is 47.9 Å². The second-order valence-corrected chi connectivity index (χ2v) is 8.74. The van der Waals surface area contributed by atoms with Gasteiger partial charge in [0.1, 0.15) is 24.4 Å². The van der Waals surface area contributed by atoms with Crippen LogP contribution in [0.1, 0.15) is 11.3 Å². The molecule has 158 valence electrons. The van der Waals surface area contributed by atoms with Crippen LogP contribution in [0.2, 0.25) is 0 Å². The van der Waals surface area contributed by atoms with E-state index in [2.05, 4.69) is 15.5 Å². The summed E-state index contributed by atoms with van der Waals surface area (Å²) in [6.07, 6.45) is 1.38. The van der Waals surface area contributed by atoms with Crippen molar-refractivity contribution < 1.29 is 17.7 Å². The highest BCUT2D eigenvalue weighted by Crippen LogP contribution is 2.13. The van der Waals surface area contributed by atoms with Crippen molar-refractivity contribution in [1.82, 2.24) is 19.7 Å². The maximum absolute atomic E-state index is 12.5. The fourth-order valence-electron chi connectivity index (χ4n) is 3.07. The number of benzene rings is 1. The molecule has 0 atom stereocenters. The summed E-state index contributed by atoms with van der Waals surface area (Å²) in [4.78, 5) is 6.35.